The number of sulfonamides is 1. The van der Waals surface area contributed by atoms with Gasteiger partial charge in [-0.05, 0) is 18.6 Å². The number of halogens is 4. The standard InChI is InChI=1S/C14H10F4N6O2S/c1-7-2-3-8(4-10(7)15)11-22-12(14(16,17)18)23-24(11)13-20-5-9(6-21-13)27(19,25)26/h2-6H,1H3,(H2,19,25,26). The number of primary sulfonamides is 1. The van der Waals surface area contributed by atoms with Gasteiger partial charge in [0, 0.05) is 5.56 Å². The molecule has 3 rings (SSSR count). The van der Waals surface area contributed by atoms with Crippen molar-refractivity contribution in [2.75, 3.05) is 0 Å². The number of nitrogens with two attached hydrogens (primary N) is 1. The first-order valence-electron chi connectivity index (χ1n) is 7.13. The van der Waals surface area contributed by atoms with E-state index in [9.17, 15) is 26.0 Å². The molecule has 3 aromatic rings. The molecule has 0 aliphatic heterocycles. The van der Waals surface area contributed by atoms with Gasteiger partial charge in [0.2, 0.25) is 10.0 Å². The van der Waals surface area contributed by atoms with Crippen molar-refractivity contribution < 1.29 is 26.0 Å². The molecular weight excluding hydrogens is 392 g/mol. The number of benzene rings is 1. The monoisotopic (exact) mass is 402 g/mol. The zero-order valence-corrected chi connectivity index (χ0v) is 14.3. The molecule has 0 atom stereocenters. The summed E-state index contributed by atoms with van der Waals surface area (Å²) in [7, 11) is -4.09. The summed E-state index contributed by atoms with van der Waals surface area (Å²) in [6, 6.07) is 3.72. The van der Waals surface area contributed by atoms with E-state index in [1.54, 1.807) is 0 Å². The fourth-order valence-corrected chi connectivity index (χ4v) is 2.46. The number of hydrogen-bond acceptors (Lipinski definition) is 6. The maximum absolute atomic E-state index is 13.8. The first-order valence-corrected chi connectivity index (χ1v) is 8.67. The lowest BCUT2D eigenvalue weighted by Gasteiger charge is -2.06. The van der Waals surface area contributed by atoms with Gasteiger partial charge >= 0.3 is 6.18 Å². The van der Waals surface area contributed by atoms with Gasteiger partial charge in [-0.15, -0.1) is 5.10 Å². The molecule has 0 saturated carbocycles. The lowest BCUT2D eigenvalue weighted by atomic mass is 10.1. The molecule has 142 valence electrons. The molecule has 0 aliphatic rings. The van der Waals surface area contributed by atoms with E-state index < -0.39 is 38.7 Å². The van der Waals surface area contributed by atoms with Crippen LogP contribution in [0.1, 0.15) is 11.4 Å². The van der Waals surface area contributed by atoms with Crippen LogP contribution in [0.4, 0.5) is 17.6 Å². The highest BCUT2D eigenvalue weighted by molar-refractivity contribution is 7.89. The van der Waals surface area contributed by atoms with Crippen LogP contribution in [0.25, 0.3) is 17.3 Å². The van der Waals surface area contributed by atoms with Crippen molar-refractivity contribution in [3.05, 3.63) is 47.8 Å². The number of rotatable bonds is 3. The van der Waals surface area contributed by atoms with Gasteiger partial charge in [0.15, 0.2) is 5.82 Å². The Labute approximate surface area is 149 Å². The summed E-state index contributed by atoms with van der Waals surface area (Å²) in [6.45, 7) is 1.49. The first kappa shape index (κ1) is 18.8. The van der Waals surface area contributed by atoms with E-state index in [-0.39, 0.29) is 17.0 Å². The molecule has 2 aromatic heterocycles. The molecule has 8 nitrogen and oxygen atoms in total. The Morgan fingerprint density at radius 1 is 1.15 bits per heavy atom. The topological polar surface area (TPSA) is 117 Å². The second-order valence-corrected chi connectivity index (χ2v) is 6.96. The SMILES string of the molecule is Cc1ccc(-c2nc(C(F)(F)F)nn2-c2ncc(S(N)(=O)=O)cn2)cc1F. The van der Waals surface area contributed by atoms with Crippen LogP contribution in [0.2, 0.25) is 0 Å². The number of aryl methyl sites for hydroxylation is 1. The van der Waals surface area contributed by atoms with Crippen LogP contribution in [0.3, 0.4) is 0 Å². The third kappa shape index (κ3) is 3.78. The van der Waals surface area contributed by atoms with Crippen molar-refractivity contribution >= 4 is 10.0 Å². The first-order chi connectivity index (χ1) is 12.5. The molecule has 0 spiro atoms. The number of nitrogens with zero attached hydrogens (tertiary/aromatic N) is 5. The normalized spacial score (nSPS) is 12.4. The van der Waals surface area contributed by atoms with Gasteiger partial charge in [-0.2, -0.15) is 17.9 Å². The minimum atomic E-state index is -4.87. The van der Waals surface area contributed by atoms with Crippen molar-refractivity contribution in [1.82, 2.24) is 24.7 Å². The molecule has 0 bridgehead atoms. The third-order valence-electron chi connectivity index (χ3n) is 3.42. The van der Waals surface area contributed by atoms with Gasteiger partial charge < -0.3 is 0 Å². The van der Waals surface area contributed by atoms with Crippen molar-refractivity contribution in [2.24, 2.45) is 5.14 Å². The van der Waals surface area contributed by atoms with Crippen molar-refractivity contribution in [1.29, 1.82) is 0 Å². The van der Waals surface area contributed by atoms with Gasteiger partial charge in [0.05, 0.1) is 12.4 Å². The predicted molar refractivity (Wildman–Crippen MR) is 83.5 cm³/mol. The highest BCUT2D eigenvalue weighted by Crippen LogP contribution is 2.30. The van der Waals surface area contributed by atoms with E-state index >= 15 is 0 Å². The Bertz CT molecular complexity index is 1110. The Morgan fingerprint density at radius 3 is 2.30 bits per heavy atom. The maximum Gasteiger partial charge on any atom is 0.453 e. The molecule has 1 aromatic carbocycles. The lowest BCUT2D eigenvalue weighted by Crippen LogP contribution is -2.14. The molecular formula is C14H10F4N6O2S. The highest BCUT2D eigenvalue weighted by Gasteiger charge is 2.38. The summed E-state index contributed by atoms with van der Waals surface area (Å²) in [5.74, 6) is -2.91. The van der Waals surface area contributed by atoms with Gasteiger partial charge in [-0.3, -0.25) is 0 Å². The molecule has 0 amide bonds. The van der Waals surface area contributed by atoms with E-state index in [0.29, 0.717) is 4.68 Å². The van der Waals surface area contributed by atoms with E-state index in [1.165, 1.54) is 19.1 Å². The fraction of sp³-hybridized carbons (Fsp3) is 0.143. The zero-order valence-electron chi connectivity index (χ0n) is 13.4. The quantitative estimate of drug-likeness (QED) is 0.668. The Kier molecular flexibility index (Phi) is 4.43. The van der Waals surface area contributed by atoms with E-state index in [0.717, 1.165) is 18.5 Å². The maximum atomic E-state index is 13.8. The minimum absolute atomic E-state index is 0.000206. The second kappa shape index (κ2) is 6.35. The summed E-state index contributed by atoms with van der Waals surface area (Å²) in [5, 5.41) is 8.25. The van der Waals surface area contributed by atoms with Crippen molar-refractivity contribution in [2.45, 2.75) is 18.0 Å². The average Bonchev–Trinajstić information content (AvgIpc) is 3.02. The Morgan fingerprint density at radius 2 is 1.78 bits per heavy atom. The van der Waals surface area contributed by atoms with Gasteiger partial charge in [-0.1, -0.05) is 12.1 Å². The van der Waals surface area contributed by atoms with E-state index in [4.69, 9.17) is 5.14 Å². The number of alkyl halides is 3. The highest BCUT2D eigenvalue weighted by atomic mass is 32.2. The van der Waals surface area contributed by atoms with Gasteiger partial charge in [-0.25, -0.2) is 32.9 Å². The van der Waals surface area contributed by atoms with Crippen LogP contribution < -0.4 is 5.14 Å². The van der Waals surface area contributed by atoms with Gasteiger partial charge in [0.25, 0.3) is 11.8 Å². The molecule has 13 heteroatoms. The van der Waals surface area contributed by atoms with E-state index in [1.807, 2.05) is 0 Å². The fourth-order valence-electron chi connectivity index (χ4n) is 2.06. The Balaban J connectivity index is 2.19. The molecule has 0 fully saturated rings. The summed E-state index contributed by atoms with van der Waals surface area (Å²) < 4.78 is 76.0. The molecule has 0 saturated heterocycles. The van der Waals surface area contributed by atoms with Crippen molar-refractivity contribution in [3.8, 4) is 17.3 Å². The summed E-state index contributed by atoms with van der Waals surface area (Å²) >= 11 is 0. The third-order valence-corrected chi connectivity index (χ3v) is 4.29. The van der Waals surface area contributed by atoms with Crippen LogP contribution in [-0.2, 0) is 16.2 Å². The van der Waals surface area contributed by atoms with Crippen LogP contribution in [-0.4, -0.2) is 33.2 Å². The van der Waals surface area contributed by atoms with Crippen LogP contribution >= 0.6 is 0 Å². The molecule has 0 unspecified atom stereocenters. The van der Waals surface area contributed by atoms with Gasteiger partial charge in [0.1, 0.15) is 10.7 Å². The largest absolute Gasteiger partial charge is 0.453 e. The zero-order chi connectivity index (χ0) is 20.0. The van der Waals surface area contributed by atoms with Crippen molar-refractivity contribution in [3.63, 3.8) is 0 Å². The summed E-state index contributed by atoms with van der Waals surface area (Å²) in [5.41, 5.74) is 0.287. The smallest absolute Gasteiger partial charge is 0.225 e. The molecule has 27 heavy (non-hydrogen) atoms. The summed E-state index contributed by atoms with van der Waals surface area (Å²) in [6.07, 6.45) is -3.25. The summed E-state index contributed by atoms with van der Waals surface area (Å²) in [4.78, 5) is 10.3. The lowest BCUT2D eigenvalue weighted by molar-refractivity contribution is -0.144. The van der Waals surface area contributed by atoms with E-state index in [2.05, 4.69) is 20.1 Å². The second-order valence-electron chi connectivity index (χ2n) is 5.40. The Hall–Kier alpha value is -2.93. The number of aromatic nitrogens is 5. The molecule has 0 radical (unpaired) electrons. The average molecular weight is 402 g/mol. The van der Waals surface area contributed by atoms with Crippen LogP contribution in [0.5, 0.6) is 0 Å². The molecule has 2 heterocycles. The van der Waals surface area contributed by atoms with Crippen LogP contribution in [0.15, 0.2) is 35.5 Å². The predicted octanol–water partition coefficient (Wildman–Crippen LogP) is 1.84. The number of hydrogen-bond donors (Lipinski definition) is 1. The molecule has 0 aliphatic carbocycles. The molecule has 2 N–H and O–H groups in total. The minimum Gasteiger partial charge on any atom is -0.225 e. The van der Waals surface area contributed by atoms with Crippen LogP contribution in [0, 0.1) is 12.7 Å².